The van der Waals surface area contributed by atoms with Gasteiger partial charge >= 0.3 is 33.6 Å². The largest absolute Gasteiger partial charge is 3.00 e. The minimum absolute atomic E-state index is 0. The summed E-state index contributed by atoms with van der Waals surface area (Å²) in [5.74, 6) is -9.28. The Hall–Kier alpha value is -2.95. The van der Waals surface area contributed by atoms with Crippen molar-refractivity contribution in [2.75, 3.05) is 0 Å². The number of rotatable bonds is 6. The third-order valence-electron chi connectivity index (χ3n) is 1.07. The van der Waals surface area contributed by atoms with Crippen LogP contribution in [0.25, 0.3) is 0 Å². The first-order chi connectivity index (χ1) is 10.9. The maximum atomic E-state index is 9.41. The molecule has 0 aliphatic carbocycles. The van der Waals surface area contributed by atoms with Crippen molar-refractivity contribution in [3.8, 4) is 0 Å². The first-order valence-electron chi connectivity index (χ1n) is 5.18. The summed E-state index contributed by atoms with van der Waals surface area (Å²) in [7, 11) is 0. The molecule has 0 radical (unpaired) electrons. The van der Waals surface area contributed by atoms with Crippen LogP contribution >= 0.6 is 0 Å². The maximum Gasteiger partial charge on any atom is 3.00 e. The van der Waals surface area contributed by atoms with Gasteiger partial charge in [-0.1, -0.05) is 0 Å². The van der Waals surface area contributed by atoms with E-state index in [1.165, 1.54) is 0 Å². The van der Waals surface area contributed by atoms with Crippen molar-refractivity contribution in [2.24, 2.45) is 0 Å². The molecule has 0 aromatic heterocycles. The molecule has 0 aromatic rings. The van der Waals surface area contributed by atoms with Crippen molar-refractivity contribution < 1.29 is 93.0 Å². The predicted octanol–water partition coefficient (Wildman–Crippen LogP) is -8.88. The summed E-state index contributed by atoms with van der Waals surface area (Å²) in [5.41, 5.74) is 0. The van der Waals surface area contributed by atoms with Crippen LogP contribution in [0, 0.1) is 0 Å². The van der Waals surface area contributed by atoms with Crippen molar-refractivity contribution >= 4 is 35.8 Å². The summed E-state index contributed by atoms with van der Waals surface area (Å²) in [6.07, 6.45) is 2.31. The van der Waals surface area contributed by atoms with Crippen LogP contribution in [0.4, 0.5) is 0 Å². The Balaban J connectivity index is -0.0000000817. The molecular formula is C12H6Co2O12. The Labute approximate surface area is 165 Å². The van der Waals surface area contributed by atoms with E-state index in [0.29, 0.717) is 36.5 Å². The maximum absolute atomic E-state index is 9.41. The van der Waals surface area contributed by atoms with Gasteiger partial charge in [0.1, 0.15) is 0 Å². The molecule has 0 fully saturated rings. The Kier molecular flexibility index (Phi) is 29.2. The topological polar surface area (TPSA) is 241 Å². The standard InChI is InChI=1S/3C4H4O4.2Co/c3*5-3(6)1-2-4(7)8;;/h3*1-2H,(H,5,6)(H,7,8);;/q;;;2*+3/p-6/b3*2-1+;;. The molecule has 26 heavy (non-hydrogen) atoms. The number of carbonyl (C=O) groups excluding carboxylic acids is 6. The molecule has 0 atom stereocenters. The molecule has 0 heterocycles. The number of hydrogen-bond donors (Lipinski definition) is 0. The molecule has 0 aliphatic rings. The molecule has 0 bridgehead atoms. The van der Waals surface area contributed by atoms with Gasteiger partial charge in [-0.25, -0.2) is 0 Å². The van der Waals surface area contributed by atoms with Crippen LogP contribution in [0.15, 0.2) is 36.5 Å². The van der Waals surface area contributed by atoms with Crippen LogP contribution in [0.3, 0.4) is 0 Å². The van der Waals surface area contributed by atoms with Gasteiger partial charge in [0, 0.05) is 0 Å². The molecule has 0 unspecified atom stereocenters. The van der Waals surface area contributed by atoms with Crippen molar-refractivity contribution in [3.63, 3.8) is 0 Å². The first-order valence-corrected chi connectivity index (χ1v) is 5.18. The van der Waals surface area contributed by atoms with Crippen LogP contribution < -0.4 is 30.6 Å². The van der Waals surface area contributed by atoms with Crippen LogP contribution in [-0.4, -0.2) is 35.8 Å². The summed E-state index contributed by atoms with van der Waals surface area (Å²) in [4.78, 5) is 56.5. The monoisotopic (exact) mass is 460 g/mol. The van der Waals surface area contributed by atoms with E-state index in [1.54, 1.807) is 0 Å². The second kappa shape index (κ2) is 22.1. The van der Waals surface area contributed by atoms with Crippen LogP contribution in [0.2, 0.25) is 0 Å². The van der Waals surface area contributed by atoms with Gasteiger partial charge in [0.2, 0.25) is 0 Å². The van der Waals surface area contributed by atoms with E-state index in [1.807, 2.05) is 0 Å². The van der Waals surface area contributed by atoms with Gasteiger partial charge in [-0.3, -0.25) is 0 Å². The van der Waals surface area contributed by atoms with E-state index < -0.39 is 35.8 Å². The number of aliphatic carboxylic acids is 6. The fraction of sp³-hybridized carbons (Fsp3) is 0. The molecule has 0 N–H and O–H groups in total. The van der Waals surface area contributed by atoms with Gasteiger partial charge in [-0.05, 0) is 36.5 Å². The molecule has 14 heteroatoms. The molecule has 0 rings (SSSR count). The smallest absolute Gasteiger partial charge is 0.545 e. The molecule has 12 nitrogen and oxygen atoms in total. The number of carboxylic acids is 6. The van der Waals surface area contributed by atoms with E-state index in [-0.39, 0.29) is 33.6 Å². The van der Waals surface area contributed by atoms with Crippen LogP contribution in [-0.2, 0) is 62.3 Å². The van der Waals surface area contributed by atoms with Gasteiger partial charge < -0.3 is 59.4 Å². The molecular weight excluding hydrogens is 454 g/mol. The zero-order chi connectivity index (χ0) is 19.7. The summed E-state index contributed by atoms with van der Waals surface area (Å²) < 4.78 is 0. The Bertz CT molecular complexity index is 448. The SMILES string of the molecule is O=C([O-])/C=C/C(=O)[O-].O=C([O-])/C=C/C(=O)[O-].O=C([O-])/C=C/C(=O)[O-].[Co+3].[Co+3]. The van der Waals surface area contributed by atoms with Crippen molar-refractivity contribution in [1.29, 1.82) is 0 Å². The summed E-state index contributed by atoms with van der Waals surface area (Å²) in [6.45, 7) is 0. The Morgan fingerprint density at radius 3 is 0.462 bits per heavy atom. The number of carbonyl (C=O) groups is 6. The Morgan fingerprint density at radius 1 is 0.346 bits per heavy atom. The quantitative estimate of drug-likeness (QED) is 0.336. The molecule has 0 saturated heterocycles. The van der Waals surface area contributed by atoms with Gasteiger partial charge in [-0.15, -0.1) is 0 Å². The summed E-state index contributed by atoms with van der Waals surface area (Å²) in [5, 5.41) is 56.5. The number of carboxylic acid groups (broad SMARTS) is 6. The average Bonchev–Trinajstić information content (AvgIpc) is 2.42. The second-order valence-electron chi connectivity index (χ2n) is 2.91. The predicted molar refractivity (Wildman–Crippen MR) is 57.5 cm³/mol. The van der Waals surface area contributed by atoms with Gasteiger partial charge in [0.25, 0.3) is 0 Å². The van der Waals surface area contributed by atoms with Crippen molar-refractivity contribution in [3.05, 3.63) is 36.5 Å². The zero-order valence-corrected chi connectivity index (χ0v) is 14.1. The minimum atomic E-state index is -1.55. The summed E-state index contributed by atoms with van der Waals surface area (Å²) in [6, 6.07) is 0. The van der Waals surface area contributed by atoms with E-state index >= 15 is 0 Å². The van der Waals surface area contributed by atoms with Crippen molar-refractivity contribution in [1.82, 2.24) is 0 Å². The average molecular weight is 460 g/mol. The van der Waals surface area contributed by atoms with Crippen LogP contribution in [0.1, 0.15) is 0 Å². The molecule has 0 amide bonds. The fourth-order valence-electron chi connectivity index (χ4n) is 0.408. The summed E-state index contributed by atoms with van der Waals surface area (Å²) >= 11 is 0. The van der Waals surface area contributed by atoms with Crippen molar-refractivity contribution in [2.45, 2.75) is 0 Å². The molecule has 0 saturated carbocycles. The van der Waals surface area contributed by atoms with Gasteiger partial charge in [0.05, 0.1) is 35.8 Å². The molecule has 0 aromatic carbocycles. The van der Waals surface area contributed by atoms with E-state index in [4.69, 9.17) is 0 Å². The first kappa shape index (κ1) is 34.4. The molecule has 144 valence electrons. The van der Waals surface area contributed by atoms with E-state index in [9.17, 15) is 59.4 Å². The van der Waals surface area contributed by atoms with E-state index in [0.717, 1.165) is 0 Å². The van der Waals surface area contributed by atoms with Crippen LogP contribution in [0.5, 0.6) is 0 Å². The van der Waals surface area contributed by atoms with Gasteiger partial charge in [0.15, 0.2) is 0 Å². The third kappa shape index (κ3) is 58.3. The zero-order valence-electron chi connectivity index (χ0n) is 12.0. The Morgan fingerprint density at radius 2 is 0.423 bits per heavy atom. The normalized spacial score (nSPS) is 8.77. The fourth-order valence-corrected chi connectivity index (χ4v) is 0.408. The molecule has 0 spiro atoms. The second-order valence-corrected chi connectivity index (χ2v) is 2.91. The number of hydrogen-bond acceptors (Lipinski definition) is 12. The molecule has 0 aliphatic heterocycles. The third-order valence-corrected chi connectivity index (χ3v) is 1.07. The minimum Gasteiger partial charge on any atom is -0.545 e. The van der Waals surface area contributed by atoms with Gasteiger partial charge in [-0.2, -0.15) is 0 Å². The van der Waals surface area contributed by atoms with E-state index in [2.05, 4.69) is 0 Å².